The first-order chi connectivity index (χ1) is 18.5. The Morgan fingerprint density at radius 3 is 2.55 bits per heavy atom. The summed E-state index contributed by atoms with van der Waals surface area (Å²) in [5, 5.41) is 11.5. The van der Waals surface area contributed by atoms with E-state index in [1.807, 2.05) is 54.6 Å². The zero-order valence-electron chi connectivity index (χ0n) is 21.2. The number of esters is 1. The van der Waals surface area contributed by atoms with Gasteiger partial charge in [0.15, 0.2) is 18.2 Å². The van der Waals surface area contributed by atoms with Gasteiger partial charge in [0.05, 0.1) is 7.11 Å². The van der Waals surface area contributed by atoms with Crippen LogP contribution in [-0.2, 0) is 14.3 Å². The minimum atomic E-state index is -1.17. The number of hydrogen-bond donors (Lipinski definition) is 1. The summed E-state index contributed by atoms with van der Waals surface area (Å²) in [6.07, 6.45) is 7.98. The molecule has 0 saturated heterocycles. The van der Waals surface area contributed by atoms with Crippen LogP contribution in [0.15, 0.2) is 83.6 Å². The van der Waals surface area contributed by atoms with E-state index in [1.54, 1.807) is 18.2 Å². The van der Waals surface area contributed by atoms with Crippen molar-refractivity contribution in [2.75, 3.05) is 12.0 Å². The fourth-order valence-electron chi connectivity index (χ4n) is 4.98. The number of hydrogen-bond acceptors (Lipinski definition) is 6. The molecule has 5 rings (SSSR count). The maximum Gasteiger partial charge on any atom is 0.330 e. The Morgan fingerprint density at radius 1 is 1.03 bits per heavy atom. The van der Waals surface area contributed by atoms with Gasteiger partial charge in [-0.2, -0.15) is 0 Å². The second-order valence-electron chi connectivity index (χ2n) is 9.53. The van der Waals surface area contributed by atoms with E-state index in [2.05, 4.69) is 9.72 Å². The van der Waals surface area contributed by atoms with Crippen LogP contribution in [0.3, 0.4) is 0 Å². The average molecular weight is 511 g/mol. The Labute approximate surface area is 221 Å². The standard InChI is InChI=1S/C31H30N2O5/c1-37-29(34)17-10-21-6-5-9-26(18-21)33(30(35)23-7-3-2-4-8-23)31(36)24-13-11-22(12-14-24)25-15-16-27-28(19-25)38-20-32-27/h5-6,9-20,23,31,36H,2-4,7-8H2,1H3/b17-10+. The fraction of sp³-hybridized carbons (Fsp3) is 0.258. The van der Waals surface area contributed by atoms with Crippen LogP contribution < -0.4 is 4.90 Å². The summed E-state index contributed by atoms with van der Waals surface area (Å²) in [7, 11) is 1.32. The third-order valence-corrected chi connectivity index (χ3v) is 7.07. The Bertz CT molecular complexity index is 1450. The first-order valence-electron chi connectivity index (χ1n) is 12.8. The average Bonchev–Trinajstić information content (AvgIpc) is 3.45. The van der Waals surface area contributed by atoms with Gasteiger partial charge in [-0.1, -0.05) is 61.7 Å². The van der Waals surface area contributed by atoms with Gasteiger partial charge in [-0.05, 0) is 59.9 Å². The lowest BCUT2D eigenvalue weighted by Gasteiger charge is -2.33. The molecular formula is C31H30N2O5. The lowest BCUT2D eigenvalue weighted by atomic mass is 9.88. The van der Waals surface area contributed by atoms with Gasteiger partial charge in [0, 0.05) is 23.2 Å². The highest BCUT2D eigenvalue weighted by atomic mass is 16.5. The highest BCUT2D eigenvalue weighted by Gasteiger charge is 2.32. The zero-order chi connectivity index (χ0) is 26.5. The van der Waals surface area contributed by atoms with Crippen molar-refractivity contribution in [3.63, 3.8) is 0 Å². The van der Waals surface area contributed by atoms with E-state index in [9.17, 15) is 14.7 Å². The Hall–Kier alpha value is -4.23. The number of aromatic nitrogens is 1. The van der Waals surface area contributed by atoms with Crippen LogP contribution in [0.4, 0.5) is 5.69 Å². The van der Waals surface area contributed by atoms with E-state index in [0.717, 1.165) is 54.3 Å². The first-order valence-corrected chi connectivity index (χ1v) is 12.8. The molecule has 0 radical (unpaired) electrons. The van der Waals surface area contributed by atoms with Crippen molar-refractivity contribution in [3.05, 3.63) is 90.3 Å². The Morgan fingerprint density at radius 2 is 1.79 bits per heavy atom. The number of amides is 1. The largest absolute Gasteiger partial charge is 0.466 e. The number of ether oxygens (including phenoxy) is 1. The fourth-order valence-corrected chi connectivity index (χ4v) is 4.98. The molecule has 0 spiro atoms. The van der Waals surface area contributed by atoms with Gasteiger partial charge in [0.2, 0.25) is 5.91 Å². The summed E-state index contributed by atoms with van der Waals surface area (Å²) in [5.41, 5.74) is 5.32. The lowest BCUT2D eigenvalue weighted by molar-refractivity contribution is -0.134. The number of carbonyl (C=O) groups excluding carboxylic acids is 2. The molecule has 1 aliphatic carbocycles. The number of methoxy groups -OCH3 is 1. The molecule has 0 aliphatic heterocycles. The number of aliphatic hydroxyl groups is 1. The van der Waals surface area contributed by atoms with Crippen LogP contribution in [0.2, 0.25) is 0 Å². The van der Waals surface area contributed by atoms with E-state index < -0.39 is 12.2 Å². The normalized spacial score (nSPS) is 15.0. The first kappa shape index (κ1) is 25.4. The van der Waals surface area contributed by atoms with Crippen LogP contribution in [0.25, 0.3) is 28.3 Å². The third kappa shape index (κ3) is 5.53. The SMILES string of the molecule is COC(=O)/C=C/c1cccc(N(C(=O)C2CCCCC2)C(O)c2ccc(-c3ccc4ncoc4c3)cc2)c1. The van der Waals surface area contributed by atoms with Gasteiger partial charge < -0.3 is 14.3 Å². The second-order valence-corrected chi connectivity index (χ2v) is 9.53. The number of nitrogens with zero attached hydrogens (tertiary/aromatic N) is 2. The predicted octanol–water partition coefficient (Wildman–Crippen LogP) is 6.29. The van der Waals surface area contributed by atoms with Crippen LogP contribution in [-0.4, -0.2) is 29.1 Å². The molecule has 3 aromatic carbocycles. The minimum Gasteiger partial charge on any atom is -0.466 e. The molecule has 1 atom stereocenters. The maximum absolute atomic E-state index is 13.8. The van der Waals surface area contributed by atoms with E-state index in [1.165, 1.54) is 24.5 Å². The van der Waals surface area contributed by atoms with Crippen molar-refractivity contribution >= 4 is 34.7 Å². The van der Waals surface area contributed by atoms with E-state index >= 15 is 0 Å². The summed E-state index contributed by atoms with van der Waals surface area (Å²) < 4.78 is 10.1. The Kier molecular flexibility index (Phi) is 7.65. The predicted molar refractivity (Wildman–Crippen MR) is 146 cm³/mol. The van der Waals surface area contributed by atoms with Crippen molar-refractivity contribution in [3.8, 4) is 11.1 Å². The van der Waals surface area contributed by atoms with Crippen molar-refractivity contribution in [1.82, 2.24) is 4.98 Å². The third-order valence-electron chi connectivity index (χ3n) is 7.07. The number of oxazole rings is 1. The molecular weight excluding hydrogens is 480 g/mol. The van der Waals surface area contributed by atoms with Crippen molar-refractivity contribution in [2.45, 2.75) is 38.3 Å². The van der Waals surface area contributed by atoms with Gasteiger partial charge in [0.1, 0.15) is 5.52 Å². The van der Waals surface area contributed by atoms with Gasteiger partial charge in [-0.25, -0.2) is 9.78 Å². The highest BCUT2D eigenvalue weighted by molar-refractivity contribution is 5.96. The second kappa shape index (κ2) is 11.4. The number of aliphatic hydroxyl groups excluding tert-OH is 1. The molecule has 7 heteroatoms. The number of rotatable bonds is 7. The number of anilines is 1. The lowest BCUT2D eigenvalue weighted by Crippen LogP contribution is -2.40. The number of carbonyl (C=O) groups is 2. The monoisotopic (exact) mass is 510 g/mol. The molecule has 38 heavy (non-hydrogen) atoms. The summed E-state index contributed by atoms with van der Waals surface area (Å²) in [4.78, 5) is 31.0. The van der Waals surface area contributed by atoms with E-state index in [-0.39, 0.29) is 11.8 Å². The maximum atomic E-state index is 13.8. The van der Waals surface area contributed by atoms with Crippen LogP contribution in [0.1, 0.15) is 49.5 Å². The van der Waals surface area contributed by atoms with Gasteiger partial charge >= 0.3 is 5.97 Å². The van der Waals surface area contributed by atoms with Crippen LogP contribution >= 0.6 is 0 Å². The number of fused-ring (bicyclic) bond motifs is 1. The molecule has 1 heterocycles. The molecule has 1 aromatic heterocycles. The number of benzene rings is 3. The molecule has 1 amide bonds. The molecule has 1 saturated carbocycles. The quantitative estimate of drug-likeness (QED) is 0.179. The topological polar surface area (TPSA) is 92.9 Å². The van der Waals surface area contributed by atoms with Gasteiger partial charge in [-0.3, -0.25) is 9.69 Å². The van der Waals surface area contributed by atoms with Crippen molar-refractivity contribution in [1.29, 1.82) is 0 Å². The van der Waals surface area contributed by atoms with Gasteiger partial charge in [0.25, 0.3) is 0 Å². The molecule has 4 aromatic rings. The smallest absolute Gasteiger partial charge is 0.330 e. The zero-order valence-corrected chi connectivity index (χ0v) is 21.2. The highest BCUT2D eigenvalue weighted by Crippen LogP contribution is 2.34. The van der Waals surface area contributed by atoms with Crippen LogP contribution in [0, 0.1) is 5.92 Å². The molecule has 194 valence electrons. The summed E-state index contributed by atoms with van der Waals surface area (Å²) >= 11 is 0. The molecule has 1 unspecified atom stereocenters. The summed E-state index contributed by atoms with van der Waals surface area (Å²) in [5.74, 6) is -0.695. The summed E-state index contributed by atoms with van der Waals surface area (Å²) in [6.45, 7) is 0. The van der Waals surface area contributed by atoms with E-state index in [4.69, 9.17) is 4.42 Å². The molecule has 7 nitrogen and oxygen atoms in total. The van der Waals surface area contributed by atoms with Crippen molar-refractivity contribution < 1.29 is 23.8 Å². The summed E-state index contributed by atoms with van der Waals surface area (Å²) in [6, 6.07) is 20.6. The van der Waals surface area contributed by atoms with Gasteiger partial charge in [-0.15, -0.1) is 0 Å². The molecule has 1 N–H and O–H groups in total. The molecule has 0 bridgehead atoms. The minimum absolute atomic E-state index is 0.0915. The Balaban J connectivity index is 1.45. The molecule has 1 aliphatic rings. The van der Waals surface area contributed by atoms with Crippen molar-refractivity contribution in [2.24, 2.45) is 5.92 Å². The molecule has 1 fully saturated rings. The van der Waals surface area contributed by atoms with Crippen LogP contribution in [0.5, 0.6) is 0 Å². The van der Waals surface area contributed by atoms with E-state index in [0.29, 0.717) is 16.8 Å².